The van der Waals surface area contributed by atoms with E-state index in [0.717, 1.165) is 0 Å². The number of alkyl halides is 3. The van der Waals surface area contributed by atoms with Crippen LogP contribution in [0.5, 0.6) is 0 Å². The van der Waals surface area contributed by atoms with Crippen LogP contribution in [0.1, 0.15) is 36.4 Å². The summed E-state index contributed by atoms with van der Waals surface area (Å²) >= 11 is 0. The van der Waals surface area contributed by atoms with E-state index in [-0.39, 0.29) is 30.5 Å². The number of halogens is 5. The Kier molecular flexibility index (Phi) is 4.72. The largest absolute Gasteiger partial charge is 0.419 e. The number of aliphatic hydroxyl groups is 1. The van der Waals surface area contributed by atoms with Gasteiger partial charge in [-0.25, -0.2) is 8.78 Å². The van der Waals surface area contributed by atoms with Gasteiger partial charge in [-0.05, 0) is 37.3 Å². The topological polar surface area (TPSA) is 61.4 Å². The first-order valence-corrected chi connectivity index (χ1v) is 7.94. The van der Waals surface area contributed by atoms with Gasteiger partial charge in [0.25, 0.3) is 0 Å². The second kappa shape index (κ2) is 6.53. The van der Waals surface area contributed by atoms with E-state index in [1.807, 2.05) is 0 Å². The third-order valence-corrected chi connectivity index (χ3v) is 4.54. The van der Waals surface area contributed by atoms with Crippen LogP contribution in [-0.2, 0) is 11.0 Å². The Labute approximate surface area is 140 Å². The number of carbonyl (C=O) groups excluding carboxylic acids is 1. The molecule has 1 amide bonds. The quantitative estimate of drug-likeness (QED) is 0.719. The highest BCUT2D eigenvalue weighted by molar-refractivity contribution is 5.82. The summed E-state index contributed by atoms with van der Waals surface area (Å²) < 4.78 is 66.1. The molecule has 0 spiro atoms. The summed E-state index contributed by atoms with van der Waals surface area (Å²) in [5.41, 5.74) is -1.96. The minimum atomic E-state index is -4.99. The Morgan fingerprint density at radius 2 is 1.92 bits per heavy atom. The molecule has 1 aliphatic carbocycles. The van der Waals surface area contributed by atoms with Crippen molar-refractivity contribution in [1.82, 2.24) is 10.6 Å². The van der Waals surface area contributed by atoms with Gasteiger partial charge in [-0.3, -0.25) is 4.79 Å². The fraction of sp³-hybridized carbons (Fsp3) is 0.562. The smallest absolute Gasteiger partial charge is 0.392 e. The zero-order valence-corrected chi connectivity index (χ0v) is 13.0. The van der Waals surface area contributed by atoms with Gasteiger partial charge in [-0.15, -0.1) is 0 Å². The molecule has 138 valence electrons. The highest BCUT2D eigenvalue weighted by Crippen LogP contribution is 2.43. The first-order valence-electron chi connectivity index (χ1n) is 7.94. The molecule has 0 aromatic heterocycles. The average Bonchev–Trinajstić information content (AvgIpc) is 3.26. The number of nitrogens with one attached hydrogen (secondary N) is 2. The molecule has 25 heavy (non-hydrogen) atoms. The molecule has 2 aliphatic rings. The lowest BCUT2D eigenvalue weighted by Crippen LogP contribution is -2.42. The number of β-amino-alcohol motifs (C(OH)–C–C–N with tert-alkyl or cyclic N) is 1. The van der Waals surface area contributed by atoms with Crippen molar-refractivity contribution in [3.05, 3.63) is 34.9 Å². The van der Waals surface area contributed by atoms with Crippen molar-refractivity contribution in [1.29, 1.82) is 0 Å². The lowest BCUT2D eigenvalue weighted by Gasteiger charge is -2.22. The molecular formula is C16H17F5N2O2. The van der Waals surface area contributed by atoms with Crippen molar-refractivity contribution in [3.8, 4) is 0 Å². The molecule has 9 heteroatoms. The fourth-order valence-electron chi connectivity index (χ4n) is 3.07. The first-order chi connectivity index (χ1) is 11.7. The third-order valence-electron chi connectivity index (χ3n) is 4.54. The minimum Gasteiger partial charge on any atom is -0.392 e. The number of aliphatic hydroxyl groups excluding tert-OH is 1. The summed E-state index contributed by atoms with van der Waals surface area (Å²) in [5, 5.41) is 14.8. The Balaban J connectivity index is 1.84. The lowest BCUT2D eigenvalue weighted by molar-refractivity contribution is -0.140. The van der Waals surface area contributed by atoms with Gasteiger partial charge in [0.1, 0.15) is 11.6 Å². The molecule has 1 aromatic rings. The normalized spacial score (nSPS) is 25.0. The van der Waals surface area contributed by atoms with Crippen LogP contribution in [0.3, 0.4) is 0 Å². The number of rotatable bonds is 4. The Morgan fingerprint density at radius 1 is 1.24 bits per heavy atom. The standard InChI is InChI=1S/C16H17F5N2O2/c17-11-5-10(16(19,20)21)12(18)4-9(11)14(7-1-2-7)23-15(25)13-3-8(24)6-22-13/h4-5,7-8,13-14,22,24H,1-3,6H2,(H,23,25)/t8-,13-,14?/m1/s1. The van der Waals surface area contributed by atoms with Crippen LogP contribution in [0, 0.1) is 17.6 Å². The molecule has 3 rings (SSSR count). The molecule has 4 nitrogen and oxygen atoms in total. The van der Waals surface area contributed by atoms with Crippen molar-refractivity contribution in [2.45, 2.75) is 43.6 Å². The van der Waals surface area contributed by atoms with Crippen LogP contribution in [0.2, 0.25) is 0 Å². The van der Waals surface area contributed by atoms with Gasteiger partial charge in [0, 0.05) is 12.1 Å². The van der Waals surface area contributed by atoms with Gasteiger partial charge in [-0.1, -0.05) is 0 Å². The number of hydrogen-bond donors (Lipinski definition) is 3. The van der Waals surface area contributed by atoms with E-state index in [1.54, 1.807) is 0 Å². The molecule has 1 aromatic carbocycles. The molecule has 0 bridgehead atoms. The zero-order valence-electron chi connectivity index (χ0n) is 13.0. The van der Waals surface area contributed by atoms with Crippen LogP contribution < -0.4 is 10.6 Å². The molecular weight excluding hydrogens is 347 g/mol. The predicted molar refractivity (Wildman–Crippen MR) is 77.4 cm³/mol. The average molecular weight is 364 g/mol. The fourth-order valence-corrected chi connectivity index (χ4v) is 3.07. The lowest BCUT2D eigenvalue weighted by atomic mass is 9.98. The van der Waals surface area contributed by atoms with Gasteiger partial charge < -0.3 is 15.7 Å². The van der Waals surface area contributed by atoms with Crippen LogP contribution in [0.15, 0.2) is 12.1 Å². The van der Waals surface area contributed by atoms with Crippen LogP contribution >= 0.6 is 0 Å². The van der Waals surface area contributed by atoms with Gasteiger partial charge in [0.05, 0.1) is 23.8 Å². The molecule has 1 heterocycles. The number of benzene rings is 1. The van der Waals surface area contributed by atoms with Crippen molar-refractivity contribution in [3.63, 3.8) is 0 Å². The molecule has 1 saturated carbocycles. The van der Waals surface area contributed by atoms with E-state index >= 15 is 0 Å². The maximum atomic E-state index is 14.2. The van der Waals surface area contributed by atoms with Gasteiger partial charge >= 0.3 is 6.18 Å². The molecule has 1 saturated heterocycles. The molecule has 1 unspecified atom stereocenters. The highest BCUT2D eigenvalue weighted by Gasteiger charge is 2.40. The van der Waals surface area contributed by atoms with E-state index in [4.69, 9.17) is 0 Å². The maximum absolute atomic E-state index is 14.2. The maximum Gasteiger partial charge on any atom is 0.419 e. The van der Waals surface area contributed by atoms with Crippen molar-refractivity contribution in [2.24, 2.45) is 5.92 Å². The number of hydrogen-bond acceptors (Lipinski definition) is 3. The Bertz CT molecular complexity index is 675. The minimum absolute atomic E-state index is 0.129. The monoisotopic (exact) mass is 364 g/mol. The van der Waals surface area contributed by atoms with E-state index < -0.39 is 47.5 Å². The van der Waals surface area contributed by atoms with E-state index in [0.29, 0.717) is 18.9 Å². The Hall–Kier alpha value is -1.74. The number of amides is 1. The van der Waals surface area contributed by atoms with E-state index in [2.05, 4.69) is 10.6 Å². The van der Waals surface area contributed by atoms with E-state index in [9.17, 15) is 31.9 Å². The molecule has 2 fully saturated rings. The van der Waals surface area contributed by atoms with Crippen LogP contribution in [-0.4, -0.2) is 29.7 Å². The first kappa shape index (κ1) is 18.1. The van der Waals surface area contributed by atoms with Crippen molar-refractivity contribution >= 4 is 5.91 Å². The van der Waals surface area contributed by atoms with Gasteiger partial charge in [0.15, 0.2) is 0 Å². The second-order valence-electron chi connectivity index (χ2n) is 6.53. The van der Waals surface area contributed by atoms with Gasteiger partial charge in [0.2, 0.25) is 5.91 Å². The molecule has 1 aliphatic heterocycles. The molecule has 3 N–H and O–H groups in total. The Morgan fingerprint density at radius 3 is 2.44 bits per heavy atom. The summed E-state index contributed by atoms with van der Waals surface area (Å²) in [4.78, 5) is 12.2. The third kappa shape index (κ3) is 3.92. The SMILES string of the molecule is O=C(NC(c1cc(F)c(C(F)(F)F)cc1F)C1CC1)[C@H]1C[C@@H](O)CN1. The molecule has 0 radical (unpaired) electrons. The van der Waals surface area contributed by atoms with Crippen LogP contribution in [0.4, 0.5) is 22.0 Å². The molecule has 3 atom stereocenters. The zero-order chi connectivity index (χ0) is 18.4. The van der Waals surface area contributed by atoms with Gasteiger partial charge in [-0.2, -0.15) is 13.2 Å². The summed E-state index contributed by atoms with van der Waals surface area (Å²) in [7, 11) is 0. The summed E-state index contributed by atoms with van der Waals surface area (Å²) in [5.74, 6) is -3.42. The predicted octanol–water partition coefficient (Wildman–Crippen LogP) is 2.27. The van der Waals surface area contributed by atoms with Crippen LogP contribution in [0.25, 0.3) is 0 Å². The van der Waals surface area contributed by atoms with Crippen molar-refractivity contribution in [2.75, 3.05) is 6.54 Å². The van der Waals surface area contributed by atoms with E-state index in [1.165, 1.54) is 0 Å². The number of carbonyl (C=O) groups is 1. The highest BCUT2D eigenvalue weighted by atomic mass is 19.4. The summed E-state index contributed by atoms with van der Waals surface area (Å²) in [6.45, 7) is 0.245. The summed E-state index contributed by atoms with van der Waals surface area (Å²) in [6.07, 6.45) is -4.16. The van der Waals surface area contributed by atoms with Crippen molar-refractivity contribution < 1.29 is 31.9 Å². The summed E-state index contributed by atoms with van der Waals surface area (Å²) in [6, 6.07) is -0.926. The second-order valence-corrected chi connectivity index (χ2v) is 6.53.